The SMILES string of the molecule is CNS(=O)(=O)c1ccc(C)c(C(=O)N2CCCCC2)c1. The fourth-order valence-electron chi connectivity index (χ4n) is 2.38. The van der Waals surface area contributed by atoms with Gasteiger partial charge in [0.15, 0.2) is 0 Å². The number of hydrogen-bond acceptors (Lipinski definition) is 3. The molecule has 6 heteroatoms. The van der Waals surface area contributed by atoms with Gasteiger partial charge in [-0.05, 0) is 50.9 Å². The summed E-state index contributed by atoms with van der Waals surface area (Å²) in [5.74, 6) is -0.0737. The summed E-state index contributed by atoms with van der Waals surface area (Å²) in [6.45, 7) is 3.33. The van der Waals surface area contributed by atoms with Crippen LogP contribution in [0.4, 0.5) is 0 Å². The number of benzene rings is 1. The molecule has 20 heavy (non-hydrogen) atoms. The van der Waals surface area contributed by atoms with Gasteiger partial charge in [0, 0.05) is 18.7 Å². The number of nitrogens with zero attached hydrogens (tertiary/aromatic N) is 1. The van der Waals surface area contributed by atoms with Gasteiger partial charge < -0.3 is 4.90 Å². The zero-order valence-corrected chi connectivity index (χ0v) is 12.7. The Morgan fingerprint density at radius 3 is 2.45 bits per heavy atom. The minimum Gasteiger partial charge on any atom is -0.339 e. The summed E-state index contributed by atoms with van der Waals surface area (Å²) in [4.78, 5) is 14.4. The standard InChI is InChI=1S/C14H20N2O3S/c1-11-6-7-12(20(18,19)15-2)10-13(11)14(17)16-8-4-3-5-9-16/h6-7,10,15H,3-5,8-9H2,1-2H3. The molecule has 1 aromatic rings. The number of amides is 1. The van der Waals surface area contributed by atoms with Gasteiger partial charge in [-0.15, -0.1) is 0 Å². The highest BCUT2D eigenvalue weighted by atomic mass is 32.2. The van der Waals surface area contributed by atoms with Crippen LogP contribution in [0.25, 0.3) is 0 Å². The van der Waals surface area contributed by atoms with Gasteiger partial charge in [-0.1, -0.05) is 6.07 Å². The molecule has 1 saturated heterocycles. The van der Waals surface area contributed by atoms with Crippen LogP contribution in [0, 0.1) is 6.92 Å². The van der Waals surface area contributed by atoms with Gasteiger partial charge in [0.1, 0.15) is 0 Å². The first-order chi connectivity index (χ1) is 9.45. The lowest BCUT2D eigenvalue weighted by Gasteiger charge is -2.27. The third kappa shape index (κ3) is 3.02. The highest BCUT2D eigenvalue weighted by Gasteiger charge is 2.22. The molecule has 1 aliphatic heterocycles. The molecule has 1 N–H and O–H groups in total. The van der Waals surface area contributed by atoms with Gasteiger partial charge in [-0.25, -0.2) is 13.1 Å². The Balaban J connectivity index is 2.35. The van der Waals surface area contributed by atoms with Gasteiger partial charge in [0.2, 0.25) is 10.0 Å². The van der Waals surface area contributed by atoms with Crippen LogP contribution in [0.1, 0.15) is 35.2 Å². The Morgan fingerprint density at radius 2 is 1.85 bits per heavy atom. The molecule has 1 aromatic carbocycles. The van der Waals surface area contributed by atoms with Crippen molar-refractivity contribution in [3.8, 4) is 0 Å². The first-order valence-corrected chi connectivity index (χ1v) is 8.27. The quantitative estimate of drug-likeness (QED) is 0.920. The summed E-state index contributed by atoms with van der Waals surface area (Å²) in [7, 11) is -2.16. The molecule has 110 valence electrons. The normalized spacial score (nSPS) is 16.2. The maximum Gasteiger partial charge on any atom is 0.254 e. The minimum atomic E-state index is -3.52. The van der Waals surface area contributed by atoms with E-state index in [9.17, 15) is 13.2 Å². The minimum absolute atomic E-state index is 0.0737. The van der Waals surface area contributed by atoms with E-state index in [1.165, 1.54) is 19.2 Å². The average molecular weight is 296 g/mol. The largest absolute Gasteiger partial charge is 0.339 e. The van der Waals surface area contributed by atoms with E-state index >= 15 is 0 Å². The molecule has 1 aliphatic rings. The number of hydrogen-bond donors (Lipinski definition) is 1. The molecular formula is C14H20N2O3S. The number of nitrogens with one attached hydrogen (secondary N) is 1. The number of carbonyl (C=O) groups excluding carboxylic acids is 1. The molecule has 0 saturated carbocycles. The Bertz CT molecular complexity index is 605. The molecule has 0 spiro atoms. The molecule has 0 radical (unpaired) electrons. The smallest absolute Gasteiger partial charge is 0.254 e. The van der Waals surface area contributed by atoms with Crippen LogP contribution in [0.2, 0.25) is 0 Å². The number of rotatable bonds is 3. The van der Waals surface area contributed by atoms with Crippen molar-refractivity contribution in [2.45, 2.75) is 31.1 Å². The van der Waals surface area contributed by atoms with E-state index in [2.05, 4.69) is 4.72 Å². The zero-order valence-electron chi connectivity index (χ0n) is 11.8. The van der Waals surface area contributed by atoms with Gasteiger partial charge in [-0.3, -0.25) is 4.79 Å². The van der Waals surface area contributed by atoms with E-state index < -0.39 is 10.0 Å². The lowest BCUT2D eigenvalue weighted by molar-refractivity contribution is 0.0723. The molecule has 0 aliphatic carbocycles. The Kier molecular flexibility index (Phi) is 4.45. The zero-order chi connectivity index (χ0) is 14.8. The topological polar surface area (TPSA) is 66.5 Å². The second kappa shape index (κ2) is 5.93. The predicted octanol–water partition coefficient (Wildman–Crippen LogP) is 1.53. The Morgan fingerprint density at radius 1 is 1.20 bits per heavy atom. The number of carbonyl (C=O) groups is 1. The van der Waals surface area contributed by atoms with Crippen molar-refractivity contribution in [1.82, 2.24) is 9.62 Å². The molecule has 0 bridgehead atoms. The van der Waals surface area contributed by atoms with Gasteiger partial charge in [0.25, 0.3) is 5.91 Å². The van der Waals surface area contributed by atoms with E-state index in [-0.39, 0.29) is 10.8 Å². The van der Waals surface area contributed by atoms with Crippen molar-refractivity contribution in [3.63, 3.8) is 0 Å². The van der Waals surface area contributed by atoms with Crippen molar-refractivity contribution < 1.29 is 13.2 Å². The van der Waals surface area contributed by atoms with E-state index in [0.29, 0.717) is 5.56 Å². The van der Waals surface area contributed by atoms with Crippen molar-refractivity contribution in [2.75, 3.05) is 20.1 Å². The van der Waals surface area contributed by atoms with Crippen molar-refractivity contribution >= 4 is 15.9 Å². The monoisotopic (exact) mass is 296 g/mol. The summed E-state index contributed by atoms with van der Waals surface area (Å²) < 4.78 is 25.9. The van der Waals surface area contributed by atoms with Crippen molar-refractivity contribution in [3.05, 3.63) is 29.3 Å². The lowest BCUT2D eigenvalue weighted by Crippen LogP contribution is -2.36. The highest BCUT2D eigenvalue weighted by Crippen LogP contribution is 2.19. The predicted molar refractivity (Wildman–Crippen MR) is 77.2 cm³/mol. The first kappa shape index (κ1) is 15.0. The van der Waals surface area contributed by atoms with Crippen LogP contribution >= 0.6 is 0 Å². The summed E-state index contributed by atoms with van der Waals surface area (Å²) in [5.41, 5.74) is 1.28. The molecule has 1 amide bonds. The lowest BCUT2D eigenvalue weighted by atomic mass is 10.1. The third-order valence-electron chi connectivity index (χ3n) is 3.66. The maximum atomic E-state index is 12.5. The van der Waals surface area contributed by atoms with E-state index in [1.54, 1.807) is 6.07 Å². The van der Waals surface area contributed by atoms with E-state index in [1.807, 2.05) is 11.8 Å². The molecule has 1 fully saturated rings. The van der Waals surface area contributed by atoms with Crippen LogP contribution in [-0.4, -0.2) is 39.4 Å². The molecular weight excluding hydrogens is 276 g/mol. The first-order valence-electron chi connectivity index (χ1n) is 6.79. The number of piperidine rings is 1. The average Bonchev–Trinajstić information content (AvgIpc) is 2.47. The van der Waals surface area contributed by atoms with Gasteiger partial charge in [-0.2, -0.15) is 0 Å². The van der Waals surface area contributed by atoms with Crippen molar-refractivity contribution in [1.29, 1.82) is 0 Å². The molecule has 0 unspecified atom stereocenters. The van der Waals surface area contributed by atoms with E-state index in [0.717, 1.165) is 37.9 Å². The third-order valence-corrected chi connectivity index (χ3v) is 5.07. The second-order valence-corrected chi connectivity index (χ2v) is 6.92. The molecule has 2 rings (SSSR count). The van der Waals surface area contributed by atoms with Crippen LogP contribution in [0.5, 0.6) is 0 Å². The molecule has 5 nitrogen and oxygen atoms in total. The number of likely N-dealkylation sites (tertiary alicyclic amines) is 1. The van der Waals surface area contributed by atoms with Crippen LogP contribution in [-0.2, 0) is 10.0 Å². The van der Waals surface area contributed by atoms with Crippen molar-refractivity contribution in [2.24, 2.45) is 0 Å². The number of sulfonamides is 1. The van der Waals surface area contributed by atoms with E-state index in [4.69, 9.17) is 0 Å². The highest BCUT2D eigenvalue weighted by molar-refractivity contribution is 7.89. The molecule has 1 heterocycles. The summed E-state index contributed by atoms with van der Waals surface area (Å²) in [5, 5.41) is 0. The summed E-state index contributed by atoms with van der Waals surface area (Å²) in [6, 6.07) is 4.67. The Hall–Kier alpha value is -1.40. The fraction of sp³-hybridized carbons (Fsp3) is 0.500. The van der Waals surface area contributed by atoms with Crippen LogP contribution < -0.4 is 4.72 Å². The Labute approximate surface area is 120 Å². The summed E-state index contributed by atoms with van der Waals surface area (Å²) in [6.07, 6.45) is 3.18. The van der Waals surface area contributed by atoms with Gasteiger partial charge >= 0.3 is 0 Å². The second-order valence-electron chi connectivity index (χ2n) is 5.04. The fourth-order valence-corrected chi connectivity index (χ4v) is 3.14. The van der Waals surface area contributed by atoms with Crippen LogP contribution in [0.3, 0.4) is 0 Å². The molecule has 0 atom stereocenters. The number of aryl methyl sites for hydroxylation is 1. The summed E-state index contributed by atoms with van der Waals surface area (Å²) >= 11 is 0. The van der Waals surface area contributed by atoms with Crippen LogP contribution in [0.15, 0.2) is 23.1 Å². The molecule has 0 aromatic heterocycles. The van der Waals surface area contributed by atoms with Gasteiger partial charge in [0.05, 0.1) is 4.90 Å². The maximum absolute atomic E-state index is 12.5.